The predicted octanol–water partition coefficient (Wildman–Crippen LogP) is 5.46. The summed E-state index contributed by atoms with van der Waals surface area (Å²) < 4.78 is 5.79. The van der Waals surface area contributed by atoms with Crippen molar-refractivity contribution < 1.29 is 19.1 Å². The van der Waals surface area contributed by atoms with Crippen LogP contribution in [0, 0.1) is 0 Å². The summed E-state index contributed by atoms with van der Waals surface area (Å²) in [6, 6.07) is 13.9. The third-order valence-corrected chi connectivity index (χ3v) is 7.51. The number of esters is 1. The number of ether oxygens (including phenoxy) is 1. The standard InChI is InChI=1S/C27H30ClN3O4S2/c1-3-30(4-2)16-17-35-26(34)19-11-13-21(14-12-19)29-24(32)10-7-15-31-25(33)23(37-27(31)36)18-20-8-5-6-9-22(20)28/h5-6,8-9,11-14,18H,3-4,7,10,15-17H2,1-2H3,(H,29,32)/b23-18+. The number of carbonyl (C=O) groups excluding carboxylic acids is 3. The van der Waals surface area contributed by atoms with Crippen LogP contribution in [0.5, 0.6) is 0 Å². The number of thiocarbonyl (C=S) groups is 1. The van der Waals surface area contributed by atoms with Crippen LogP contribution in [0.15, 0.2) is 53.4 Å². The van der Waals surface area contributed by atoms with Gasteiger partial charge in [0.2, 0.25) is 5.91 Å². The first-order valence-electron chi connectivity index (χ1n) is 12.1. The summed E-state index contributed by atoms with van der Waals surface area (Å²) in [6.45, 7) is 7.31. The Labute approximate surface area is 232 Å². The lowest BCUT2D eigenvalue weighted by Crippen LogP contribution is -2.29. The predicted molar refractivity (Wildman–Crippen MR) is 154 cm³/mol. The Kier molecular flexibility index (Phi) is 11.1. The monoisotopic (exact) mass is 559 g/mol. The van der Waals surface area contributed by atoms with Gasteiger partial charge in [0.15, 0.2) is 0 Å². The van der Waals surface area contributed by atoms with E-state index in [1.165, 1.54) is 16.7 Å². The summed E-state index contributed by atoms with van der Waals surface area (Å²) in [4.78, 5) is 41.6. The molecule has 1 fully saturated rings. The smallest absolute Gasteiger partial charge is 0.338 e. The molecule has 1 aliphatic rings. The fraction of sp³-hybridized carbons (Fsp3) is 0.333. The average molecular weight is 560 g/mol. The molecule has 37 heavy (non-hydrogen) atoms. The second kappa shape index (κ2) is 14.3. The molecular formula is C27H30ClN3O4S2. The topological polar surface area (TPSA) is 79.0 Å². The van der Waals surface area contributed by atoms with Crippen LogP contribution in [0.4, 0.5) is 5.69 Å². The fourth-order valence-electron chi connectivity index (χ4n) is 3.63. The van der Waals surface area contributed by atoms with Crippen molar-refractivity contribution in [1.29, 1.82) is 0 Å². The van der Waals surface area contributed by atoms with Gasteiger partial charge < -0.3 is 15.0 Å². The van der Waals surface area contributed by atoms with Crippen molar-refractivity contribution in [2.45, 2.75) is 26.7 Å². The Balaban J connectivity index is 1.43. The maximum Gasteiger partial charge on any atom is 0.338 e. The van der Waals surface area contributed by atoms with Crippen LogP contribution in [0.25, 0.3) is 6.08 Å². The lowest BCUT2D eigenvalue weighted by molar-refractivity contribution is -0.122. The lowest BCUT2D eigenvalue weighted by atomic mass is 10.2. The molecule has 196 valence electrons. The first-order chi connectivity index (χ1) is 17.8. The van der Waals surface area contributed by atoms with Gasteiger partial charge in [-0.3, -0.25) is 14.5 Å². The van der Waals surface area contributed by atoms with Crippen LogP contribution in [0.1, 0.15) is 42.6 Å². The number of amides is 2. The second-order valence-corrected chi connectivity index (χ2v) is 10.3. The molecule has 0 saturated carbocycles. The molecule has 1 heterocycles. The molecule has 0 aromatic heterocycles. The van der Waals surface area contributed by atoms with Gasteiger partial charge in [0.05, 0.1) is 10.5 Å². The van der Waals surface area contributed by atoms with E-state index in [0.717, 1.165) is 18.7 Å². The molecule has 2 amide bonds. The van der Waals surface area contributed by atoms with E-state index in [-0.39, 0.29) is 18.2 Å². The van der Waals surface area contributed by atoms with E-state index in [2.05, 4.69) is 24.1 Å². The molecular weight excluding hydrogens is 530 g/mol. The molecule has 0 radical (unpaired) electrons. The Morgan fingerprint density at radius 1 is 1.14 bits per heavy atom. The molecule has 2 aromatic carbocycles. The zero-order valence-electron chi connectivity index (χ0n) is 20.9. The number of benzene rings is 2. The van der Waals surface area contributed by atoms with E-state index >= 15 is 0 Å². The van der Waals surface area contributed by atoms with Crippen molar-refractivity contribution in [3.8, 4) is 0 Å². The number of likely N-dealkylation sites (N-methyl/N-ethyl adjacent to an activating group) is 1. The van der Waals surface area contributed by atoms with Gasteiger partial charge in [0.1, 0.15) is 10.9 Å². The zero-order chi connectivity index (χ0) is 26.8. The summed E-state index contributed by atoms with van der Waals surface area (Å²) >= 11 is 12.8. The Morgan fingerprint density at radius 2 is 1.84 bits per heavy atom. The Bertz CT molecular complexity index is 1170. The second-order valence-electron chi connectivity index (χ2n) is 8.25. The third kappa shape index (κ3) is 8.39. The first-order valence-corrected chi connectivity index (χ1v) is 13.7. The molecule has 0 aliphatic carbocycles. The van der Waals surface area contributed by atoms with Crippen LogP contribution in [-0.2, 0) is 14.3 Å². The van der Waals surface area contributed by atoms with E-state index < -0.39 is 5.97 Å². The minimum atomic E-state index is -0.392. The summed E-state index contributed by atoms with van der Waals surface area (Å²) in [5.41, 5.74) is 1.76. The third-order valence-electron chi connectivity index (χ3n) is 5.79. The number of rotatable bonds is 12. The number of nitrogens with one attached hydrogen (secondary N) is 1. The van der Waals surface area contributed by atoms with Crippen molar-refractivity contribution in [2.75, 3.05) is 38.1 Å². The highest BCUT2D eigenvalue weighted by Gasteiger charge is 2.31. The molecule has 0 atom stereocenters. The van der Waals surface area contributed by atoms with Crippen molar-refractivity contribution in [3.63, 3.8) is 0 Å². The molecule has 3 rings (SSSR count). The van der Waals surface area contributed by atoms with E-state index in [1.807, 2.05) is 18.2 Å². The first kappa shape index (κ1) is 28.8. The summed E-state index contributed by atoms with van der Waals surface area (Å²) in [6.07, 6.45) is 2.41. The van der Waals surface area contributed by atoms with Gasteiger partial charge >= 0.3 is 5.97 Å². The molecule has 2 aromatic rings. The maximum absolute atomic E-state index is 12.8. The maximum atomic E-state index is 12.8. The quantitative estimate of drug-likeness (QED) is 0.210. The van der Waals surface area contributed by atoms with Gasteiger partial charge in [0, 0.05) is 30.2 Å². The van der Waals surface area contributed by atoms with Crippen molar-refractivity contribution >= 4 is 69.4 Å². The van der Waals surface area contributed by atoms with Crippen molar-refractivity contribution in [3.05, 3.63) is 69.6 Å². The van der Waals surface area contributed by atoms with Gasteiger partial charge in [-0.1, -0.05) is 67.6 Å². The molecule has 0 bridgehead atoms. The Morgan fingerprint density at radius 3 is 2.51 bits per heavy atom. The summed E-state index contributed by atoms with van der Waals surface area (Å²) in [7, 11) is 0. The molecule has 0 unspecified atom stereocenters. The molecule has 0 spiro atoms. The number of thioether (sulfide) groups is 1. The molecule has 7 nitrogen and oxygen atoms in total. The Hall–Kier alpha value is -2.72. The highest BCUT2D eigenvalue weighted by atomic mass is 35.5. The minimum Gasteiger partial charge on any atom is -0.461 e. The van der Waals surface area contributed by atoms with Crippen LogP contribution in [0.2, 0.25) is 5.02 Å². The largest absolute Gasteiger partial charge is 0.461 e. The van der Waals surface area contributed by atoms with Crippen LogP contribution in [-0.4, -0.2) is 64.7 Å². The number of halogens is 1. The number of carbonyl (C=O) groups is 3. The van der Waals surface area contributed by atoms with E-state index in [9.17, 15) is 14.4 Å². The van der Waals surface area contributed by atoms with E-state index in [0.29, 0.717) is 51.6 Å². The number of anilines is 1. The van der Waals surface area contributed by atoms with Gasteiger partial charge in [-0.2, -0.15) is 0 Å². The fourth-order valence-corrected chi connectivity index (χ4v) is 5.12. The van der Waals surface area contributed by atoms with Crippen LogP contribution >= 0.6 is 35.6 Å². The lowest BCUT2D eigenvalue weighted by Gasteiger charge is -2.17. The molecule has 10 heteroatoms. The number of hydrogen-bond donors (Lipinski definition) is 1. The zero-order valence-corrected chi connectivity index (χ0v) is 23.3. The number of hydrogen-bond acceptors (Lipinski definition) is 7. The van der Waals surface area contributed by atoms with Gasteiger partial charge in [-0.25, -0.2) is 4.79 Å². The van der Waals surface area contributed by atoms with E-state index in [1.54, 1.807) is 36.4 Å². The molecule has 1 aliphatic heterocycles. The van der Waals surface area contributed by atoms with Crippen molar-refractivity contribution in [2.24, 2.45) is 0 Å². The van der Waals surface area contributed by atoms with Crippen molar-refractivity contribution in [1.82, 2.24) is 9.80 Å². The molecule has 1 N–H and O–H groups in total. The summed E-state index contributed by atoms with van der Waals surface area (Å²) in [5.74, 6) is -0.765. The van der Waals surface area contributed by atoms with Crippen LogP contribution < -0.4 is 5.32 Å². The SMILES string of the molecule is CCN(CC)CCOC(=O)c1ccc(NC(=O)CCCN2C(=O)/C(=C\c3ccccc3Cl)SC2=S)cc1. The van der Waals surface area contributed by atoms with Gasteiger partial charge in [0.25, 0.3) is 5.91 Å². The van der Waals surface area contributed by atoms with Gasteiger partial charge in [-0.15, -0.1) is 0 Å². The van der Waals surface area contributed by atoms with E-state index in [4.69, 9.17) is 28.6 Å². The summed E-state index contributed by atoms with van der Waals surface area (Å²) in [5, 5.41) is 3.37. The highest BCUT2D eigenvalue weighted by molar-refractivity contribution is 8.26. The molecule has 1 saturated heterocycles. The normalized spacial score (nSPS) is 14.5. The minimum absolute atomic E-state index is 0.185. The van der Waals surface area contributed by atoms with Gasteiger partial charge in [-0.05, 0) is 61.5 Å². The highest BCUT2D eigenvalue weighted by Crippen LogP contribution is 2.33. The number of nitrogens with zero attached hydrogens (tertiary/aromatic N) is 2. The average Bonchev–Trinajstić information content (AvgIpc) is 3.15. The van der Waals surface area contributed by atoms with Crippen LogP contribution in [0.3, 0.4) is 0 Å².